The summed E-state index contributed by atoms with van der Waals surface area (Å²) < 4.78 is 0.837. The van der Waals surface area contributed by atoms with Crippen molar-refractivity contribution in [1.82, 2.24) is 4.90 Å². The first-order chi connectivity index (χ1) is 11.1. The number of carbonyl (C=O) groups excluding carboxylic acids is 2. The summed E-state index contributed by atoms with van der Waals surface area (Å²) >= 11 is 3.42. The molecule has 4 nitrogen and oxygen atoms in total. The monoisotopic (exact) mass is 370 g/mol. The number of amides is 2. The first-order valence-electron chi connectivity index (χ1n) is 7.28. The fourth-order valence-corrected chi connectivity index (χ4v) is 2.79. The van der Waals surface area contributed by atoms with Gasteiger partial charge >= 0.3 is 0 Å². The van der Waals surface area contributed by atoms with E-state index in [2.05, 4.69) is 21.2 Å². The van der Waals surface area contributed by atoms with Crippen LogP contribution >= 0.6 is 15.9 Å². The number of nitrogens with one attached hydrogen (secondary N) is 1. The first-order valence-corrected chi connectivity index (χ1v) is 8.07. The molecule has 3 rings (SSSR count). The summed E-state index contributed by atoms with van der Waals surface area (Å²) in [4.78, 5) is 25.8. The SMILES string of the molecule is O=C1C=C(Nc2ccccc2Br)C(=O)N1CCc1ccccc1. The quantitative estimate of drug-likeness (QED) is 0.821. The Labute approximate surface area is 142 Å². The molecular formula is C18H15BrN2O2. The number of nitrogens with zero attached hydrogens (tertiary/aromatic N) is 1. The van der Waals surface area contributed by atoms with Gasteiger partial charge in [0.1, 0.15) is 5.70 Å². The van der Waals surface area contributed by atoms with Crippen molar-refractivity contribution in [1.29, 1.82) is 0 Å². The zero-order chi connectivity index (χ0) is 16.2. The number of hydrogen-bond donors (Lipinski definition) is 1. The largest absolute Gasteiger partial charge is 0.350 e. The van der Waals surface area contributed by atoms with Crippen molar-refractivity contribution >= 4 is 33.4 Å². The van der Waals surface area contributed by atoms with E-state index in [0.29, 0.717) is 18.7 Å². The molecule has 0 fully saturated rings. The van der Waals surface area contributed by atoms with Gasteiger partial charge in [0.05, 0.1) is 5.69 Å². The van der Waals surface area contributed by atoms with Gasteiger partial charge in [-0.1, -0.05) is 42.5 Å². The summed E-state index contributed by atoms with van der Waals surface area (Å²) in [6.45, 7) is 0.374. The maximum atomic E-state index is 12.4. The van der Waals surface area contributed by atoms with E-state index in [1.807, 2.05) is 54.6 Å². The van der Waals surface area contributed by atoms with Gasteiger partial charge in [0.15, 0.2) is 0 Å². The fourth-order valence-electron chi connectivity index (χ4n) is 2.40. The maximum Gasteiger partial charge on any atom is 0.277 e. The Balaban J connectivity index is 1.67. The third-order valence-electron chi connectivity index (χ3n) is 3.62. The predicted molar refractivity (Wildman–Crippen MR) is 92.7 cm³/mol. The van der Waals surface area contributed by atoms with Crippen LogP contribution in [0.15, 0.2) is 70.8 Å². The predicted octanol–water partition coefficient (Wildman–Crippen LogP) is 3.36. The van der Waals surface area contributed by atoms with Gasteiger partial charge in [-0.2, -0.15) is 0 Å². The molecule has 2 aromatic rings. The van der Waals surface area contributed by atoms with Crippen molar-refractivity contribution in [2.24, 2.45) is 0 Å². The number of hydrogen-bond acceptors (Lipinski definition) is 3. The zero-order valence-electron chi connectivity index (χ0n) is 12.3. The highest BCUT2D eigenvalue weighted by Gasteiger charge is 2.30. The summed E-state index contributed by atoms with van der Waals surface area (Å²) in [5, 5.41) is 3.02. The van der Waals surface area contributed by atoms with E-state index in [1.165, 1.54) is 11.0 Å². The second-order valence-corrected chi connectivity index (χ2v) is 6.05. The second kappa shape index (κ2) is 6.79. The van der Waals surface area contributed by atoms with Crippen LogP contribution in [-0.4, -0.2) is 23.3 Å². The van der Waals surface area contributed by atoms with E-state index >= 15 is 0 Å². The van der Waals surface area contributed by atoms with Crippen molar-refractivity contribution in [2.75, 3.05) is 11.9 Å². The average molecular weight is 371 g/mol. The van der Waals surface area contributed by atoms with E-state index in [0.717, 1.165) is 15.7 Å². The van der Waals surface area contributed by atoms with Gasteiger partial charge in [-0.3, -0.25) is 14.5 Å². The molecule has 1 N–H and O–H groups in total. The maximum absolute atomic E-state index is 12.4. The average Bonchev–Trinajstić information content (AvgIpc) is 2.82. The highest BCUT2D eigenvalue weighted by molar-refractivity contribution is 9.10. The van der Waals surface area contributed by atoms with E-state index in [1.54, 1.807) is 0 Å². The lowest BCUT2D eigenvalue weighted by atomic mass is 10.1. The highest BCUT2D eigenvalue weighted by atomic mass is 79.9. The fraction of sp³-hybridized carbons (Fsp3) is 0.111. The van der Waals surface area contributed by atoms with Crippen LogP contribution in [0.2, 0.25) is 0 Å². The Morgan fingerprint density at radius 3 is 2.39 bits per heavy atom. The molecule has 23 heavy (non-hydrogen) atoms. The van der Waals surface area contributed by atoms with E-state index < -0.39 is 0 Å². The Kier molecular flexibility index (Phi) is 4.57. The number of carbonyl (C=O) groups is 2. The number of imide groups is 1. The van der Waals surface area contributed by atoms with Crippen LogP contribution in [0, 0.1) is 0 Å². The van der Waals surface area contributed by atoms with Crippen LogP contribution < -0.4 is 5.32 Å². The molecule has 0 aliphatic carbocycles. The van der Waals surface area contributed by atoms with E-state index in [-0.39, 0.29) is 11.8 Å². The van der Waals surface area contributed by atoms with Crippen LogP contribution in [0.25, 0.3) is 0 Å². The van der Waals surface area contributed by atoms with Gasteiger partial charge in [0.2, 0.25) is 0 Å². The van der Waals surface area contributed by atoms with Crippen LogP contribution in [0.5, 0.6) is 0 Å². The molecule has 0 bridgehead atoms. The molecule has 2 aromatic carbocycles. The van der Waals surface area contributed by atoms with Crippen LogP contribution in [-0.2, 0) is 16.0 Å². The van der Waals surface area contributed by atoms with E-state index in [4.69, 9.17) is 0 Å². The molecular weight excluding hydrogens is 356 g/mol. The Bertz CT molecular complexity index is 772. The third kappa shape index (κ3) is 3.51. The molecule has 0 unspecified atom stereocenters. The minimum Gasteiger partial charge on any atom is -0.350 e. The minimum atomic E-state index is -0.290. The first kappa shape index (κ1) is 15.5. The third-order valence-corrected chi connectivity index (χ3v) is 4.31. The molecule has 1 heterocycles. The Morgan fingerprint density at radius 1 is 0.957 bits per heavy atom. The van der Waals surface area contributed by atoms with Gasteiger partial charge < -0.3 is 5.32 Å². The van der Waals surface area contributed by atoms with Gasteiger partial charge in [0, 0.05) is 17.1 Å². The van der Waals surface area contributed by atoms with Crippen molar-refractivity contribution in [3.8, 4) is 0 Å². The molecule has 116 valence electrons. The molecule has 5 heteroatoms. The second-order valence-electron chi connectivity index (χ2n) is 5.19. The van der Waals surface area contributed by atoms with Crippen molar-refractivity contribution in [2.45, 2.75) is 6.42 Å². The van der Waals surface area contributed by atoms with Crippen molar-refractivity contribution in [3.63, 3.8) is 0 Å². The summed E-state index contributed by atoms with van der Waals surface area (Å²) in [5.41, 5.74) is 2.15. The van der Waals surface area contributed by atoms with Gasteiger partial charge in [-0.05, 0) is 40.0 Å². The lowest BCUT2D eigenvalue weighted by Crippen LogP contribution is -2.33. The lowest BCUT2D eigenvalue weighted by molar-refractivity contribution is -0.137. The minimum absolute atomic E-state index is 0.277. The van der Waals surface area contributed by atoms with Crippen LogP contribution in [0.4, 0.5) is 5.69 Å². The summed E-state index contributed by atoms with van der Waals surface area (Å²) in [7, 11) is 0. The summed E-state index contributed by atoms with van der Waals surface area (Å²) in [5.74, 6) is -0.567. The number of para-hydroxylation sites is 1. The zero-order valence-corrected chi connectivity index (χ0v) is 13.9. The Morgan fingerprint density at radius 2 is 1.65 bits per heavy atom. The van der Waals surface area contributed by atoms with E-state index in [9.17, 15) is 9.59 Å². The summed E-state index contributed by atoms with van der Waals surface area (Å²) in [6.07, 6.45) is 2.00. The summed E-state index contributed by atoms with van der Waals surface area (Å²) in [6, 6.07) is 17.3. The van der Waals surface area contributed by atoms with Gasteiger partial charge in [-0.25, -0.2) is 0 Å². The number of benzene rings is 2. The smallest absolute Gasteiger partial charge is 0.277 e. The van der Waals surface area contributed by atoms with Gasteiger partial charge in [-0.15, -0.1) is 0 Å². The molecule has 1 aliphatic rings. The number of rotatable bonds is 5. The van der Waals surface area contributed by atoms with Gasteiger partial charge in [0.25, 0.3) is 11.8 Å². The molecule has 0 aromatic heterocycles. The molecule has 0 saturated carbocycles. The molecule has 0 saturated heterocycles. The van der Waals surface area contributed by atoms with Crippen molar-refractivity contribution in [3.05, 3.63) is 76.4 Å². The van der Waals surface area contributed by atoms with Crippen LogP contribution in [0.1, 0.15) is 5.56 Å². The molecule has 0 spiro atoms. The Hall–Kier alpha value is -2.40. The topological polar surface area (TPSA) is 49.4 Å². The highest BCUT2D eigenvalue weighted by Crippen LogP contribution is 2.24. The standard InChI is InChI=1S/C18H15BrN2O2/c19-14-8-4-5-9-15(14)20-16-12-17(22)21(18(16)23)11-10-13-6-2-1-3-7-13/h1-9,12,20H,10-11H2. The molecule has 0 radical (unpaired) electrons. The normalized spacial score (nSPS) is 14.1. The lowest BCUT2D eigenvalue weighted by Gasteiger charge is -2.15. The molecule has 2 amide bonds. The van der Waals surface area contributed by atoms with Crippen LogP contribution in [0.3, 0.4) is 0 Å². The molecule has 0 atom stereocenters. The van der Waals surface area contributed by atoms with Crippen molar-refractivity contribution < 1.29 is 9.59 Å². The number of halogens is 1. The molecule has 1 aliphatic heterocycles. The number of anilines is 1.